The van der Waals surface area contributed by atoms with Crippen LogP contribution in [0, 0.1) is 5.92 Å². The number of allylic oxidation sites excluding steroid dienone is 3. The van der Waals surface area contributed by atoms with E-state index >= 15 is 0 Å². The molecule has 0 fully saturated rings. The number of carbonyl (C=O) groups excluding carboxylic acids is 1. The maximum atomic E-state index is 11.5. The third-order valence-corrected chi connectivity index (χ3v) is 3.19. The summed E-state index contributed by atoms with van der Waals surface area (Å²) in [5.74, 6) is 0.0257. The van der Waals surface area contributed by atoms with E-state index in [9.17, 15) is 4.79 Å². The fraction of sp³-hybridized carbons (Fsp3) is 0.615. The predicted octanol–water partition coefficient (Wildman–Crippen LogP) is 3.06. The number of amides is 1. The van der Waals surface area contributed by atoms with E-state index in [0.717, 1.165) is 5.57 Å². The number of nitrogens with one attached hydrogen (secondary N) is 1. The van der Waals surface area contributed by atoms with Gasteiger partial charge in [-0.05, 0) is 52.7 Å². The van der Waals surface area contributed by atoms with Crippen LogP contribution >= 0.6 is 0 Å². The van der Waals surface area contributed by atoms with E-state index < -0.39 is 0 Å². The van der Waals surface area contributed by atoms with Gasteiger partial charge in [0.05, 0.1) is 5.92 Å². The van der Waals surface area contributed by atoms with Crippen molar-refractivity contribution in [2.24, 2.45) is 5.92 Å². The Kier molecular flexibility index (Phi) is 5.34. The van der Waals surface area contributed by atoms with Gasteiger partial charge in [-0.1, -0.05) is 11.1 Å². The molecule has 0 aliphatic rings. The zero-order valence-electron chi connectivity index (χ0n) is 11.0. The van der Waals surface area contributed by atoms with E-state index in [-0.39, 0.29) is 11.8 Å². The molecule has 0 aromatic rings. The molecule has 15 heavy (non-hydrogen) atoms. The van der Waals surface area contributed by atoms with Crippen molar-refractivity contribution < 1.29 is 4.79 Å². The topological polar surface area (TPSA) is 29.1 Å². The molecule has 2 heteroatoms. The van der Waals surface area contributed by atoms with Crippen LogP contribution in [-0.4, -0.2) is 13.0 Å². The van der Waals surface area contributed by atoms with E-state index in [2.05, 4.69) is 33.0 Å². The molecule has 0 radical (unpaired) electrons. The lowest BCUT2D eigenvalue weighted by Gasteiger charge is -2.15. The van der Waals surface area contributed by atoms with Gasteiger partial charge in [0.15, 0.2) is 0 Å². The van der Waals surface area contributed by atoms with Crippen molar-refractivity contribution in [2.45, 2.75) is 41.5 Å². The summed E-state index contributed by atoms with van der Waals surface area (Å²) in [5, 5.41) is 2.68. The maximum absolute atomic E-state index is 11.5. The molecule has 0 heterocycles. The molecule has 1 atom stereocenters. The van der Waals surface area contributed by atoms with E-state index in [1.807, 2.05) is 13.8 Å². The summed E-state index contributed by atoms with van der Waals surface area (Å²) in [7, 11) is 1.68. The zero-order valence-corrected chi connectivity index (χ0v) is 11.0. The fourth-order valence-electron chi connectivity index (χ4n) is 1.41. The second-order valence-electron chi connectivity index (χ2n) is 4.27. The number of carbonyl (C=O) groups is 1. The van der Waals surface area contributed by atoms with Crippen molar-refractivity contribution in [1.29, 1.82) is 0 Å². The minimum absolute atomic E-state index is 0.0516. The van der Waals surface area contributed by atoms with Gasteiger partial charge in [-0.2, -0.15) is 0 Å². The van der Waals surface area contributed by atoms with Crippen molar-refractivity contribution in [2.75, 3.05) is 7.05 Å². The van der Waals surface area contributed by atoms with Gasteiger partial charge in [-0.15, -0.1) is 0 Å². The fourth-order valence-corrected chi connectivity index (χ4v) is 1.41. The maximum Gasteiger partial charge on any atom is 0.226 e. The molecule has 1 unspecified atom stereocenters. The number of hydrogen-bond acceptors (Lipinski definition) is 1. The summed E-state index contributed by atoms with van der Waals surface area (Å²) in [6, 6.07) is 0. The third-order valence-electron chi connectivity index (χ3n) is 3.19. The van der Waals surface area contributed by atoms with E-state index in [1.165, 1.54) is 16.7 Å². The molecule has 0 bridgehead atoms. The van der Waals surface area contributed by atoms with Crippen molar-refractivity contribution in [3.8, 4) is 0 Å². The SMILES string of the molecule is CNC(=O)C(C)C(C)=C(C)C(C)=C(C)C. The van der Waals surface area contributed by atoms with Crippen LogP contribution in [0.2, 0.25) is 0 Å². The Morgan fingerprint density at radius 1 is 1.00 bits per heavy atom. The predicted molar refractivity (Wildman–Crippen MR) is 65.7 cm³/mol. The molecular formula is C13H23NO. The van der Waals surface area contributed by atoms with Gasteiger partial charge >= 0.3 is 0 Å². The van der Waals surface area contributed by atoms with E-state index in [4.69, 9.17) is 0 Å². The molecule has 86 valence electrons. The third kappa shape index (κ3) is 3.54. The first-order chi connectivity index (χ1) is 6.82. The normalized spacial score (nSPS) is 14.1. The van der Waals surface area contributed by atoms with Crippen molar-refractivity contribution in [3.05, 3.63) is 22.3 Å². The summed E-state index contributed by atoms with van der Waals surface area (Å²) in [6.07, 6.45) is 0. The minimum atomic E-state index is -0.0516. The summed E-state index contributed by atoms with van der Waals surface area (Å²) < 4.78 is 0. The van der Waals surface area contributed by atoms with Gasteiger partial charge < -0.3 is 5.32 Å². The first-order valence-electron chi connectivity index (χ1n) is 5.36. The van der Waals surface area contributed by atoms with Gasteiger partial charge in [-0.25, -0.2) is 0 Å². The smallest absolute Gasteiger partial charge is 0.226 e. The first-order valence-corrected chi connectivity index (χ1v) is 5.36. The van der Waals surface area contributed by atoms with Crippen LogP contribution in [0.25, 0.3) is 0 Å². The van der Waals surface area contributed by atoms with E-state index in [0.29, 0.717) is 0 Å². The van der Waals surface area contributed by atoms with Crippen molar-refractivity contribution in [3.63, 3.8) is 0 Å². The Balaban J connectivity index is 5.12. The van der Waals surface area contributed by atoms with Crippen molar-refractivity contribution >= 4 is 5.91 Å². The van der Waals surface area contributed by atoms with Gasteiger partial charge in [-0.3, -0.25) is 4.79 Å². The Morgan fingerprint density at radius 3 is 1.80 bits per heavy atom. The van der Waals surface area contributed by atoms with Crippen LogP contribution in [0.3, 0.4) is 0 Å². The molecule has 0 aromatic heterocycles. The molecular weight excluding hydrogens is 186 g/mol. The van der Waals surface area contributed by atoms with Crippen molar-refractivity contribution in [1.82, 2.24) is 5.32 Å². The lowest BCUT2D eigenvalue weighted by Crippen LogP contribution is -2.26. The Bertz CT molecular complexity index is 306. The van der Waals surface area contributed by atoms with Gasteiger partial charge in [0.1, 0.15) is 0 Å². The molecule has 2 nitrogen and oxygen atoms in total. The molecule has 0 saturated carbocycles. The Hall–Kier alpha value is -1.05. The van der Waals surface area contributed by atoms with Crippen LogP contribution in [0.4, 0.5) is 0 Å². The second kappa shape index (κ2) is 5.74. The van der Waals surface area contributed by atoms with Gasteiger partial charge in [0.2, 0.25) is 5.91 Å². The molecule has 0 rings (SSSR count). The van der Waals surface area contributed by atoms with Crippen LogP contribution in [-0.2, 0) is 4.79 Å². The zero-order chi connectivity index (χ0) is 12.2. The van der Waals surface area contributed by atoms with Crippen LogP contribution in [0.5, 0.6) is 0 Å². The summed E-state index contributed by atoms with van der Waals surface area (Å²) >= 11 is 0. The summed E-state index contributed by atoms with van der Waals surface area (Å²) in [4.78, 5) is 11.5. The molecule has 1 N–H and O–H groups in total. The highest BCUT2D eigenvalue weighted by Crippen LogP contribution is 2.22. The molecule has 1 amide bonds. The Morgan fingerprint density at radius 2 is 1.47 bits per heavy atom. The highest BCUT2D eigenvalue weighted by atomic mass is 16.1. The van der Waals surface area contributed by atoms with Gasteiger partial charge in [0.25, 0.3) is 0 Å². The quantitative estimate of drug-likeness (QED) is 0.711. The number of hydrogen-bond donors (Lipinski definition) is 1. The monoisotopic (exact) mass is 209 g/mol. The van der Waals surface area contributed by atoms with Crippen LogP contribution in [0.15, 0.2) is 22.3 Å². The molecule has 0 spiro atoms. The highest BCUT2D eigenvalue weighted by Gasteiger charge is 2.15. The standard InChI is InChI=1S/C13H23NO/c1-8(2)9(3)10(4)11(5)12(6)13(15)14-7/h12H,1-7H3,(H,14,15). The minimum Gasteiger partial charge on any atom is -0.359 e. The van der Waals surface area contributed by atoms with Crippen LogP contribution < -0.4 is 5.32 Å². The lowest BCUT2D eigenvalue weighted by molar-refractivity contribution is -0.122. The highest BCUT2D eigenvalue weighted by molar-refractivity contribution is 5.81. The summed E-state index contributed by atoms with van der Waals surface area (Å²) in [5.41, 5.74) is 4.96. The van der Waals surface area contributed by atoms with Crippen LogP contribution in [0.1, 0.15) is 41.5 Å². The molecule has 0 saturated heterocycles. The Labute approximate surface area is 93.5 Å². The molecule has 0 aromatic carbocycles. The van der Waals surface area contributed by atoms with E-state index in [1.54, 1.807) is 7.05 Å². The second-order valence-corrected chi connectivity index (χ2v) is 4.27. The average molecular weight is 209 g/mol. The van der Waals surface area contributed by atoms with Gasteiger partial charge in [0, 0.05) is 7.05 Å². The summed E-state index contributed by atoms with van der Waals surface area (Å²) in [6.45, 7) is 12.3. The molecule has 0 aliphatic carbocycles. The average Bonchev–Trinajstić information content (AvgIpc) is 2.23. The first kappa shape index (κ1) is 13.9. The molecule has 0 aliphatic heterocycles. The lowest BCUT2D eigenvalue weighted by atomic mass is 9.92. The largest absolute Gasteiger partial charge is 0.359 e. The number of rotatable bonds is 3.